The van der Waals surface area contributed by atoms with Gasteiger partial charge in [0.1, 0.15) is 0 Å². The topological polar surface area (TPSA) is 87.7 Å². The molecule has 5 unspecified atom stereocenters. The number of hydrogen-bond acceptors (Lipinski definition) is 3. The Balaban J connectivity index is 1.43. The summed E-state index contributed by atoms with van der Waals surface area (Å²) in [4.78, 5) is 23.2. The number of carbonyl (C=O) groups is 2. The van der Waals surface area contributed by atoms with E-state index in [9.17, 15) is 14.7 Å². The number of fused-ring (bicyclic) bond motifs is 2. The zero-order valence-corrected chi connectivity index (χ0v) is 12.2. The van der Waals surface area contributed by atoms with Gasteiger partial charge in [0.05, 0.1) is 24.2 Å². The van der Waals surface area contributed by atoms with E-state index in [-0.39, 0.29) is 30.0 Å². The molecule has 3 aliphatic rings. The third-order valence-electron chi connectivity index (χ3n) is 5.17. The lowest BCUT2D eigenvalue weighted by Gasteiger charge is -2.29. The molecule has 6 nitrogen and oxygen atoms in total. The SMILES string of the molecule is O=C(NCC1CCCCC1C(=O)O)NC1CC2CCC1O2. The number of carboxylic acid groups (broad SMARTS) is 1. The van der Waals surface area contributed by atoms with Crippen LogP contribution in [0.25, 0.3) is 0 Å². The summed E-state index contributed by atoms with van der Waals surface area (Å²) in [5, 5.41) is 15.1. The van der Waals surface area contributed by atoms with E-state index >= 15 is 0 Å². The molecule has 2 aliphatic heterocycles. The fourth-order valence-electron chi connectivity index (χ4n) is 4.01. The number of amides is 2. The van der Waals surface area contributed by atoms with E-state index in [0.29, 0.717) is 12.6 Å². The fourth-order valence-corrected chi connectivity index (χ4v) is 4.01. The molecule has 3 fully saturated rings. The van der Waals surface area contributed by atoms with Crippen LogP contribution < -0.4 is 10.6 Å². The van der Waals surface area contributed by atoms with Gasteiger partial charge in [-0.2, -0.15) is 0 Å². The van der Waals surface area contributed by atoms with Crippen molar-refractivity contribution in [2.75, 3.05) is 6.54 Å². The predicted molar refractivity (Wildman–Crippen MR) is 75.9 cm³/mol. The first kappa shape index (κ1) is 14.6. The first-order chi connectivity index (χ1) is 10.1. The molecule has 3 N–H and O–H groups in total. The zero-order valence-electron chi connectivity index (χ0n) is 12.2. The van der Waals surface area contributed by atoms with Crippen LogP contribution in [0.4, 0.5) is 4.79 Å². The number of ether oxygens (including phenoxy) is 1. The van der Waals surface area contributed by atoms with Gasteiger partial charge in [0, 0.05) is 6.54 Å². The van der Waals surface area contributed by atoms with Crippen LogP contribution in [0.2, 0.25) is 0 Å². The second-order valence-corrected chi connectivity index (χ2v) is 6.56. The molecule has 0 radical (unpaired) electrons. The van der Waals surface area contributed by atoms with Gasteiger partial charge in [-0.15, -0.1) is 0 Å². The highest BCUT2D eigenvalue weighted by molar-refractivity contribution is 5.74. The number of rotatable bonds is 4. The third kappa shape index (κ3) is 3.31. The van der Waals surface area contributed by atoms with Gasteiger partial charge in [0.2, 0.25) is 0 Å². The minimum atomic E-state index is -0.733. The molecule has 118 valence electrons. The van der Waals surface area contributed by atoms with Crippen LogP contribution in [0, 0.1) is 11.8 Å². The van der Waals surface area contributed by atoms with E-state index < -0.39 is 5.97 Å². The van der Waals surface area contributed by atoms with Crippen molar-refractivity contribution < 1.29 is 19.4 Å². The molecule has 2 heterocycles. The first-order valence-corrected chi connectivity index (χ1v) is 8.06. The summed E-state index contributed by atoms with van der Waals surface area (Å²) in [7, 11) is 0. The Morgan fingerprint density at radius 2 is 1.95 bits per heavy atom. The van der Waals surface area contributed by atoms with Crippen LogP contribution in [-0.4, -0.2) is 41.9 Å². The molecule has 21 heavy (non-hydrogen) atoms. The Morgan fingerprint density at radius 1 is 1.14 bits per heavy atom. The third-order valence-corrected chi connectivity index (χ3v) is 5.17. The molecule has 2 saturated heterocycles. The van der Waals surface area contributed by atoms with Crippen LogP contribution in [0.1, 0.15) is 44.9 Å². The normalized spacial score (nSPS) is 38.2. The average molecular weight is 296 g/mol. The highest BCUT2D eigenvalue weighted by Crippen LogP contribution is 2.34. The Bertz CT molecular complexity index is 414. The monoisotopic (exact) mass is 296 g/mol. The number of nitrogens with one attached hydrogen (secondary N) is 2. The van der Waals surface area contributed by atoms with Crippen LogP contribution >= 0.6 is 0 Å². The molecule has 1 aliphatic carbocycles. The largest absolute Gasteiger partial charge is 0.481 e. The van der Waals surface area contributed by atoms with E-state index in [0.717, 1.165) is 44.9 Å². The van der Waals surface area contributed by atoms with E-state index in [2.05, 4.69) is 10.6 Å². The molecule has 6 heteroatoms. The van der Waals surface area contributed by atoms with Crippen LogP contribution in [0.15, 0.2) is 0 Å². The van der Waals surface area contributed by atoms with E-state index in [4.69, 9.17) is 4.74 Å². The smallest absolute Gasteiger partial charge is 0.315 e. The highest BCUT2D eigenvalue weighted by Gasteiger charge is 2.41. The predicted octanol–water partition coefficient (Wildman–Crippen LogP) is 1.50. The Labute approximate surface area is 124 Å². The molecule has 3 rings (SSSR count). The number of hydrogen-bond donors (Lipinski definition) is 3. The van der Waals surface area contributed by atoms with Crippen molar-refractivity contribution >= 4 is 12.0 Å². The molecule has 2 bridgehead atoms. The molecule has 0 spiro atoms. The molecule has 0 aromatic carbocycles. The van der Waals surface area contributed by atoms with Crippen molar-refractivity contribution in [1.29, 1.82) is 0 Å². The van der Waals surface area contributed by atoms with Gasteiger partial charge in [-0.1, -0.05) is 12.8 Å². The molecule has 2 amide bonds. The van der Waals surface area contributed by atoms with Crippen molar-refractivity contribution in [2.24, 2.45) is 11.8 Å². The maximum atomic E-state index is 12.0. The number of carbonyl (C=O) groups excluding carboxylic acids is 1. The summed E-state index contributed by atoms with van der Waals surface area (Å²) in [5.41, 5.74) is 0. The quantitative estimate of drug-likeness (QED) is 0.733. The van der Waals surface area contributed by atoms with Crippen molar-refractivity contribution in [3.05, 3.63) is 0 Å². The van der Waals surface area contributed by atoms with Gasteiger partial charge >= 0.3 is 12.0 Å². The average Bonchev–Trinajstić information content (AvgIpc) is 3.08. The molecular weight excluding hydrogens is 272 g/mol. The maximum absolute atomic E-state index is 12.0. The van der Waals surface area contributed by atoms with Crippen LogP contribution in [0.5, 0.6) is 0 Å². The van der Waals surface area contributed by atoms with Crippen LogP contribution in [0.3, 0.4) is 0 Å². The van der Waals surface area contributed by atoms with Gasteiger partial charge in [-0.05, 0) is 38.0 Å². The van der Waals surface area contributed by atoms with Gasteiger partial charge in [0.15, 0.2) is 0 Å². The second-order valence-electron chi connectivity index (χ2n) is 6.56. The zero-order chi connectivity index (χ0) is 14.8. The Kier molecular flexibility index (Phi) is 4.33. The summed E-state index contributed by atoms with van der Waals surface area (Å²) in [5.74, 6) is -0.994. The van der Waals surface area contributed by atoms with E-state index in [1.807, 2.05) is 0 Å². The summed E-state index contributed by atoms with van der Waals surface area (Å²) >= 11 is 0. The molecule has 1 saturated carbocycles. The van der Waals surface area contributed by atoms with Crippen molar-refractivity contribution in [3.8, 4) is 0 Å². The number of urea groups is 1. The lowest BCUT2D eigenvalue weighted by atomic mass is 9.79. The molecular formula is C15H24N2O4. The number of carboxylic acids is 1. The van der Waals surface area contributed by atoms with Crippen molar-refractivity contribution in [1.82, 2.24) is 10.6 Å². The number of aliphatic carboxylic acids is 1. The highest BCUT2D eigenvalue weighted by atomic mass is 16.5. The van der Waals surface area contributed by atoms with Gasteiger partial charge in [0.25, 0.3) is 0 Å². The van der Waals surface area contributed by atoms with Gasteiger partial charge in [-0.3, -0.25) is 4.79 Å². The minimum Gasteiger partial charge on any atom is -0.481 e. The van der Waals surface area contributed by atoms with Crippen LogP contribution in [-0.2, 0) is 9.53 Å². The summed E-state index contributed by atoms with van der Waals surface area (Å²) in [6, 6.07) is -0.0729. The van der Waals surface area contributed by atoms with Crippen molar-refractivity contribution in [2.45, 2.75) is 63.2 Å². The fraction of sp³-hybridized carbons (Fsp3) is 0.867. The maximum Gasteiger partial charge on any atom is 0.315 e. The summed E-state index contributed by atoms with van der Waals surface area (Å²) in [6.07, 6.45) is 7.15. The summed E-state index contributed by atoms with van der Waals surface area (Å²) in [6.45, 7) is 0.449. The Morgan fingerprint density at radius 3 is 2.62 bits per heavy atom. The van der Waals surface area contributed by atoms with Gasteiger partial charge < -0.3 is 20.5 Å². The molecule has 5 atom stereocenters. The minimum absolute atomic E-state index is 0.0540. The summed E-state index contributed by atoms with van der Waals surface area (Å²) < 4.78 is 5.71. The van der Waals surface area contributed by atoms with E-state index in [1.54, 1.807) is 0 Å². The lowest BCUT2D eigenvalue weighted by Crippen LogP contribution is -2.48. The molecule has 0 aromatic rings. The molecule has 0 aromatic heterocycles. The standard InChI is InChI=1S/C15H24N2O4/c18-14(19)11-4-2-1-3-9(11)8-16-15(20)17-12-7-10-5-6-13(12)21-10/h9-13H,1-8H2,(H,18,19)(H2,16,17,20). The van der Waals surface area contributed by atoms with E-state index in [1.165, 1.54) is 0 Å². The van der Waals surface area contributed by atoms with Gasteiger partial charge in [-0.25, -0.2) is 4.79 Å². The second kappa shape index (κ2) is 6.22. The van der Waals surface area contributed by atoms with Crippen molar-refractivity contribution in [3.63, 3.8) is 0 Å². The lowest BCUT2D eigenvalue weighted by molar-refractivity contribution is -0.144. The first-order valence-electron chi connectivity index (χ1n) is 8.06. The Hall–Kier alpha value is -1.30.